The zero-order valence-electron chi connectivity index (χ0n) is 19.4. The highest BCUT2D eigenvalue weighted by atomic mass is 32.2. The van der Waals surface area contributed by atoms with Crippen molar-refractivity contribution in [1.29, 1.82) is 0 Å². The molecule has 1 aliphatic rings. The molecular weight excluding hydrogens is 452 g/mol. The summed E-state index contributed by atoms with van der Waals surface area (Å²) in [5.41, 5.74) is 5.90. The van der Waals surface area contributed by atoms with E-state index < -0.39 is 53.8 Å². The maximum absolute atomic E-state index is 13.0. The molecule has 4 atom stereocenters. The van der Waals surface area contributed by atoms with Gasteiger partial charge in [-0.05, 0) is 50.0 Å². The standard InChI is InChI=1S/C21H36N4O7S/c1-12(2)11-15(24-18(28)13(22)8-10-33-3)19(29)23-14(6-7-17(26)27)20(30)25-9-4-5-16(25)21(31)32/h12-16H,4-11,22H2,1-3H3,(H,23,29)(H,24,28)(H,26,27)(H,31,32). The minimum atomic E-state index is -1.22. The lowest BCUT2D eigenvalue weighted by molar-refractivity contribution is -0.150. The first-order valence-corrected chi connectivity index (χ1v) is 12.5. The van der Waals surface area contributed by atoms with Gasteiger partial charge in [-0.15, -0.1) is 0 Å². The molecule has 6 N–H and O–H groups in total. The van der Waals surface area contributed by atoms with Gasteiger partial charge in [0.15, 0.2) is 0 Å². The molecular formula is C21H36N4O7S. The minimum absolute atomic E-state index is 0.0339. The fourth-order valence-electron chi connectivity index (χ4n) is 3.64. The monoisotopic (exact) mass is 488 g/mol. The van der Waals surface area contributed by atoms with Crippen LogP contribution >= 0.6 is 11.8 Å². The average Bonchev–Trinajstić information content (AvgIpc) is 3.23. The molecule has 0 spiro atoms. The number of carboxylic acid groups (broad SMARTS) is 2. The van der Waals surface area contributed by atoms with E-state index in [1.54, 1.807) is 11.8 Å². The Balaban J connectivity index is 2.99. The second-order valence-electron chi connectivity index (χ2n) is 8.60. The molecule has 1 rings (SSSR count). The summed E-state index contributed by atoms with van der Waals surface area (Å²) >= 11 is 1.55. The topological polar surface area (TPSA) is 179 Å². The summed E-state index contributed by atoms with van der Waals surface area (Å²) in [7, 11) is 0. The van der Waals surface area contributed by atoms with Gasteiger partial charge in [0.25, 0.3) is 0 Å². The maximum Gasteiger partial charge on any atom is 0.326 e. The molecule has 1 aliphatic heterocycles. The summed E-state index contributed by atoms with van der Waals surface area (Å²) in [4.78, 5) is 62.3. The Kier molecular flexibility index (Phi) is 12.2. The average molecular weight is 489 g/mol. The van der Waals surface area contributed by atoms with Crippen molar-refractivity contribution < 1.29 is 34.2 Å². The van der Waals surface area contributed by atoms with Gasteiger partial charge in [0.2, 0.25) is 17.7 Å². The van der Waals surface area contributed by atoms with Crippen LogP contribution in [0, 0.1) is 5.92 Å². The van der Waals surface area contributed by atoms with Crippen molar-refractivity contribution in [2.75, 3.05) is 18.6 Å². The highest BCUT2D eigenvalue weighted by Crippen LogP contribution is 2.20. The number of hydrogen-bond donors (Lipinski definition) is 5. The predicted octanol–water partition coefficient (Wildman–Crippen LogP) is 0.0229. The number of thioether (sulfide) groups is 1. The lowest BCUT2D eigenvalue weighted by Crippen LogP contribution is -2.57. The Bertz CT molecular complexity index is 719. The van der Waals surface area contributed by atoms with Gasteiger partial charge in [-0.1, -0.05) is 13.8 Å². The molecule has 12 heteroatoms. The van der Waals surface area contributed by atoms with Crippen LogP contribution in [0.5, 0.6) is 0 Å². The molecule has 0 aromatic heterocycles. The summed E-state index contributed by atoms with van der Waals surface area (Å²) in [6.45, 7) is 3.95. The number of aliphatic carboxylic acids is 2. The Hall–Kier alpha value is -2.34. The largest absolute Gasteiger partial charge is 0.481 e. The third-order valence-electron chi connectivity index (χ3n) is 5.39. The second kappa shape index (κ2) is 14.0. The lowest BCUT2D eigenvalue weighted by Gasteiger charge is -2.29. The van der Waals surface area contributed by atoms with E-state index in [1.165, 1.54) is 4.90 Å². The fraction of sp³-hybridized carbons (Fsp3) is 0.762. The van der Waals surface area contributed by atoms with E-state index in [0.29, 0.717) is 25.0 Å². The van der Waals surface area contributed by atoms with Crippen molar-refractivity contribution >= 4 is 41.4 Å². The van der Waals surface area contributed by atoms with E-state index in [1.807, 2.05) is 20.1 Å². The number of nitrogens with zero attached hydrogens (tertiary/aromatic N) is 1. The van der Waals surface area contributed by atoms with Crippen molar-refractivity contribution in [3.05, 3.63) is 0 Å². The quantitative estimate of drug-likeness (QED) is 0.225. The van der Waals surface area contributed by atoms with Crippen LogP contribution in [0.15, 0.2) is 0 Å². The summed E-state index contributed by atoms with van der Waals surface area (Å²) in [6.07, 6.45) is 2.83. The Morgan fingerprint density at radius 2 is 1.70 bits per heavy atom. The minimum Gasteiger partial charge on any atom is -0.481 e. The van der Waals surface area contributed by atoms with Gasteiger partial charge in [-0.25, -0.2) is 4.79 Å². The van der Waals surface area contributed by atoms with Crippen LogP contribution in [-0.4, -0.2) is 87.5 Å². The molecule has 1 saturated heterocycles. The Labute approximate surface area is 198 Å². The number of nitrogens with one attached hydrogen (secondary N) is 2. The van der Waals surface area contributed by atoms with Crippen molar-refractivity contribution in [3.63, 3.8) is 0 Å². The number of rotatable bonds is 14. The first kappa shape index (κ1) is 28.7. The van der Waals surface area contributed by atoms with Gasteiger partial charge >= 0.3 is 11.9 Å². The van der Waals surface area contributed by atoms with E-state index in [-0.39, 0.29) is 31.7 Å². The summed E-state index contributed by atoms with van der Waals surface area (Å²) < 4.78 is 0. The number of carbonyl (C=O) groups excluding carboxylic acids is 3. The van der Waals surface area contributed by atoms with Crippen LogP contribution in [0.2, 0.25) is 0 Å². The number of likely N-dealkylation sites (tertiary alicyclic amines) is 1. The molecule has 0 bridgehead atoms. The van der Waals surface area contributed by atoms with Crippen LogP contribution in [-0.2, 0) is 24.0 Å². The Morgan fingerprint density at radius 1 is 1.06 bits per heavy atom. The Morgan fingerprint density at radius 3 is 2.24 bits per heavy atom. The van der Waals surface area contributed by atoms with Gasteiger partial charge in [0.1, 0.15) is 18.1 Å². The van der Waals surface area contributed by atoms with Crippen LogP contribution < -0.4 is 16.4 Å². The summed E-state index contributed by atoms with van der Waals surface area (Å²) in [5.74, 6) is -3.33. The third-order valence-corrected chi connectivity index (χ3v) is 6.04. The van der Waals surface area contributed by atoms with Crippen LogP contribution in [0.4, 0.5) is 0 Å². The second-order valence-corrected chi connectivity index (χ2v) is 9.59. The first-order chi connectivity index (χ1) is 15.5. The lowest BCUT2D eigenvalue weighted by atomic mass is 10.0. The molecule has 0 saturated carbocycles. The van der Waals surface area contributed by atoms with Crippen LogP contribution in [0.25, 0.3) is 0 Å². The molecule has 1 heterocycles. The smallest absolute Gasteiger partial charge is 0.326 e. The molecule has 0 aromatic rings. The van der Waals surface area contributed by atoms with Gasteiger partial charge in [0.05, 0.1) is 6.04 Å². The first-order valence-electron chi connectivity index (χ1n) is 11.1. The van der Waals surface area contributed by atoms with Crippen molar-refractivity contribution in [2.24, 2.45) is 11.7 Å². The van der Waals surface area contributed by atoms with Crippen LogP contribution in [0.1, 0.15) is 52.4 Å². The zero-order chi connectivity index (χ0) is 25.1. The van der Waals surface area contributed by atoms with Crippen molar-refractivity contribution in [1.82, 2.24) is 15.5 Å². The fourth-order valence-corrected chi connectivity index (χ4v) is 4.13. The summed E-state index contributed by atoms with van der Waals surface area (Å²) in [6, 6.07) is -3.98. The SMILES string of the molecule is CSCCC(N)C(=O)NC(CC(C)C)C(=O)NC(CCC(=O)O)C(=O)N1CCCC1C(=O)O. The van der Waals surface area contributed by atoms with Gasteiger partial charge in [-0.2, -0.15) is 11.8 Å². The molecule has 3 amide bonds. The number of nitrogens with two attached hydrogens (primary N) is 1. The number of carbonyl (C=O) groups is 5. The molecule has 1 fully saturated rings. The number of hydrogen-bond acceptors (Lipinski definition) is 7. The molecule has 0 aliphatic carbocycles. The highest BCUT2D eigenvalue weighted by Gasteiger charge is 2.38. The van der Waals surface area contributed by atoms with Gasteiger partial charge in [0, 0.05) is 13.0 Å². The number of carboxylic acids is 2. The van der Waals surface area contributed by atoms with Gasteiger partial charge in [-0.3, -0.25) is 19.2 Å². The molecule has 0 radical (unpaired) electrons. The van der Waals surface area contributed by atoms with Crippen LogP contribution in [0.3, 0.4) is 0 Å². The highest BCUT2D eigenvalue weighted by molar-refractivity contribution is 7.98. The van der Waals surface area contributed by atoms with Crippen molar-refractivity contribution in [2.45, 2.75) is 76.5 Å². The molecule has 11 nitrogen and oxygen atoms in total. The van der Waals surface area contributed by atoms with E-state index in [2.05, 4.69) is 10.6 Å². The number of amides is 3. The zero-order valence-corrected chi connectivity index (χ0v) is 20.2. The molecule has 188 valence electrons. The van der Waals surface area contributed by atoms with Gasteiger partial charge < -0.3 is 31.5 Å². The van der Waals surface area contributed by atoms with E-state index in [4.69, 9.17) is 10.8 Å². The van der Waals surface area contributed by atoms with E-state index >= 15 is 0 Å². The molecule has 33 heavy (non-hydrogen) atoms. The van der Waals surface area contributed by atoms with E-state index in [0.717, 1.165) is 0 Å². The third kappa shape index (κ3) is 9.58. The van der Waals surface area contributed by atoms with E-state index in [9.17, 15) is 29.1 Å². The predicted molar refractivity (Wildman–Crippen MR) is 124 cm³/mol. The van der Waals surface area contributed by atoms with Crippen molar-refractivity contribution in [3.8, 4) is 0 Å². The molecule has 0 aromatic carbocycles. The maximum atomic E-state index is 13.0. The molecule has 4 unspecified atom stereocenters. The summed E-state index contributed by atoms with van der Waals surface area (Å²) in [5, 5.41) is 23.6. The normalized spacial score (nSPS) is 18.5.